The molecule has 2 amide bonds. The Balaban J connectivity index is 1.80. The Morgan fingerprint density at radius 3 is 2.35 bits per heavy atom. The van der Waals surface area contributed by atoms with E-state index in [1.165, 1.54) is 0 Å². The van der Waals surface area contributed by atoms with Crippen LogP contribution in [0.1, 0.15) is 16.8 Å². The van der Waals surface area contributed by atoms with Gasteiger partial charge in [0.2, 0.25) is 5.91 Å². The minimum atomic E-state index is -0.362. The molecular formula is C18H17Cl2N3O3. The van der Waals surface area contributed by atoms with E-state index in [0.717, 1.165) is 0 Å². The van der Waals surface area contributed by atoms with E-state index in [2.05, 4.69) is 22.7 Å². The summed E-state index contributed by atoms with van der Waals surface area (Å²) >= 11 is 11.7. The number of hydrogen-bond donors (Lipinski definition) is 3. The molecule has 0 heterocycles. The van der Waals surface area contributed by atoms with Crippen molar-refractivity contribution in [1.29, 1.82) is 0 Å². The lowest BCUT2D eigenvalue weighted by atomic mass is 10.2. The predicted molar refractivity (Wildman–Crippen MR) is 102 cm³/mol. The highest BCUT2D eigenvalue weighted by molar-refractivity contribution is 6.42. The van der Waals surface area contributed by atoms with E-state index in [-0.39, 0.29) is 18.2 Å². The molecule has 0 aliphatic heterocycles. The maximum Gasteiger partial charge on any atom is 0.269 e. The summed E-state index contributed by atoms with van der Waals surface area (Å²) in [6, 6.07) is 11.4. The number of hydrazine groups is 1. The number of hydrogen-bond acceptors (Lipinski definition) is 4. The van der Waals surface area contributed by atoms with Crippen molar-refractivity contribution >= 4 is 40.7 Å². The minimum absolute atomic E-state index is 0.0386. The van der Waals surface area contributed by atoms with Crippen molar-refractivity contribution in [1.82, 2.24) is 10.9 Å². The summed E-state index contributed by atoms with van der Waals surface area (Å²) in [5, 5.41) is 3.40. The molecule has 26 heavy (non-hydrogen) atoms. The van der Waals surface area contributed by atoms with Gasteiger partial charge < -0.3 is 15.5 Å². The number of benzene rings is 2. The number of nitrogens with one attached hydrogen (secondary N) is 3. The Hall–Kier alpha value is -2.70. The number of anilines is 1. The standard InChI is InChI=1S/C18H17Cl2N3O3/c1-11(9-17(24)21-13-5-8-15(19)16(20)10-13)22-23-18(25)12-3-6-14(26-2)7-4-12/h3-8,10,22H,1,9H2,2H3,(H,21,24)(H,23,25). The van der Waals surface area contributed by atoms with Crippen LogP contribution >= 0.6 is 23.2 Å². The van der Waals surface area contributed by atoms with Crippen molar-refractivity contribution in [2.75, 3.05) is 12.4 Å². The second-order valence-corrected chi connectivity index (χ2v) is 6.08. The third-order valence-electron chi connectivity index (χ3n) is 3.28. The van der Waals surface area contributed by atoms with Crippen LogP contribution < -0.4 is 20.9 Å². The van der Waals surface area contributed by atoms with Crippen molar-refractivity contribution in [3.05, 3.63) is 70.3 Å². The van der Waals surface area contributed by atoms with E-state index in [9.17, 15) is 9.59 Å². The van der Waals surface area contributed by atoms with Gasteiger partial charge in [-0.3, -0.25) is 15.0 Å². The topological polar surface area (TPSA) is 79.5 Å². The summed E-state index contributed by atoms with van der Waals surface area (Å²) in [6.45, 7) is 3.71. The molecule has 2 aromatic carbocycles. The quantitative estimate of drug-likeness (QED) is 0.625. The van der Waals surface area contributed by atoms with Crippen LogP contribution in [0.2, 0.25) is 10.0 Å². The molecule has 0 aromatic heterocycles. The van der Waals surface area contributed by atoms with Gasteiger partial charge in [-0.25, -0.2) is 0 Å². The monoisotopic (exact) mass is 393 g/mol. The fourth-order valence-corrected chi connectivity index (χ4v) is 2.27. The Labute approximate surface area is 161 Å². The Bertz CT molecular complexity index is 823. The van der Waals surface area contributed by atoms with Gasteiger partial charge >= 0.3 is 0 Å². The van der Waals surface area contributed by atoms with Gasteiger partial charge in [0.1, 0.15) is 5.75 Å². The second kappa shape index (κ2) is 9.12. The van der Waals surface area contributed by atoms with Gasteiger partial charge in [-0.15, -0.1) is 0 Å². The first-order valence-corrected chi connectivity index (χ1v) is 8.27. The molecule has 0 aliphatic carbocycles. The zero-order valence-electron chi connectivity index (χ0n) is 13.9. The van der Waals surface area contributed by atoms with Gasteiger partial charge in [-0.1, -0.05) is 29.8 Å². The van der Waals surface area contributed by atoms with Gasteiger partial charge in [0, 0.05) is 16.9 Å². The van der Waals surface area contributed by atoms with Crippen molar-refractivity contribution in [3.8, 4) is 5.75 Å². The van der Waals surface area contributed by atoms with Gasteiger partial charge in [0.25, 0.3) is 5.91 Å². The van der Waals surface area contributed by atoms with Gasteiger partial charge in [0.05, 0.1) is 23.6 Å². The Morgan fingerprint density at radius 1 is 1.04 bits per heavy atom. The zero-order valence-corrected chi connectivity index (χ0v) is 15.4. The van der Waals surface area contributed by atoms with Crippen LogP contribution in [-0.4, -0.2) is 18.9 Å². The number of carbonyl (C=O) groups is 2. The molecular weight excluding hydrogens is 377 g/mol. The lowest BCUT2D eigenvalue weighted by molar-refractivity contribution is -0.115. The highest BCUT2D eigenvalue weighted by atomic mass is 35.5. The van der Waals surface area contributed by atoms with E-state index in [1.54, 1.807) is 49.6 Å². The lowest BCUT2D eigenvalue weighted by Crippen LogP contribution is -2.37. The summed E-state index contributed by atoms with van der Waals surface area (Å²) in [4.78, 5) is 24.0. The summed E-state index contributed by atoms with van der Waals surface area (Å²) in [5.74, 6) is -0.0313. The van der Waals surface area contributed by atoms with Crippen LogP contribution in [0.4, 0.5) is 5.69 Å². The van der Waals surface area contributed by atoms with E-state index in [1.807, 2.05) is 0 Å². The number of carbonyl (C=O) groups excluding carboxylic acids is 2. The summed E-state index contributed by atoms with van der Waals surface area (Å²) in [5.41, 5.74) is 6.36. The first-order chi connectivity index (χ1) is 12.4. The van der Waals surface area contributed by atoms with Crippen LogP contribution in [0, 0.1) is 0 Å². The predicted octanol–water partition coefficient (Wildman–Crippen LogP) is 3.78. The Morgan fingerprint density at radius 2 is 1.73 bits per heavy atom. The third kappa shape index (κ3) is 5.68. The molecule has 0 radical (unpaired) electrons. The largest absolute Gasteiger partial charge is 0.497 e. The lowest BCUT2D eigenvalue weighted by Gasteiger charge is -2.12. The highest BCUT2D eigenvalue weighted by Gasteiger charge is 2.09. The highest BCUT2D eigenvalue weighted by Crippen LogP contribution is 2.25. The van der Waals surface area contributed by atoms with E-state index in [4.69, 9.17) is 27.9 Å². The van der Waals surface area contributed by atoms with Gasteiger partial charge in [0.15, 0.2) is 0 Å². The smallest absolute Gasteiger partial charge is 0.269 e. The van der Waals surface area contributed by atoms with Crippen LogP contribution in [0.5, 0.6) is 5.75 Å². The van der Waals surface area contributed by atoms with Crippen molar-refractivity contribution in [3.63, 3.8) is 0 Å². The molecule has 2 rings (SSSR count). The van der Waals surface area contributed by atoms with Crippen LogP contribution in [0.25, 0.3) is 0 Å². The molecule has 0 atom stereocenters. The fraction of sp³-hybridized carbons (Fsp3) is 0.111. The molecule has 0 saturated heterocycles. The number of halogens is 2. The number of methoxy groups -OCH3 is 1. The van der Waals surface area contributed by atoms with Crippen molar-refractivity contribution < 1.29 is 14.3 Å². The molecule has 2 aromatic rings. The van der Waals surface area contributed by atoms with Gasteiger partial charge in [-0.05, 0) is 42.5 Å². The summed E-state index contributed by atoms with van der Waals surface area (Å²) < 4.78 is 5.03. The maximum atomic E-state index is 12.0. The number of ether oxygens (including phenoxy) is 1. The van der Waals surface area contributed by atoms with E-state index in [0.29, 0.717) is 32.7 Å². The molecule has 136 valence electrons. The first kappa shape index (κ1) is 19.6. The second-order valence-electron chi connectivity index (χ2n) is 5.27. The maximum absolute atomic E-state index is 12.0. The normalized spacial score (nSPS) is 9.96. The average molecular weight is 394 g/mol. The average Bonchev–Trinajstić information content (AvgIpc) is 2.62. The van der Waals surface area contributed by atoms with E-state index < -0.39 is 0 Å². The van der Waals surface area contributed by atoms with Crippen LogP contribution in [-0.2, 0) is 4.79 Å². The number of amides is 2. The third-order valence-corrected chi connectivity index (χ3v) is 4.02. The Kier molecular flexibility index (Phi) is 6.89. The molecule has 0 saturated carbocycles. The summed E-state index contributed by atoms with van der Waals surface area (Å²) in [6.07, 6.45) is -0.0386. The fourth-order valence-electron chi connectivity index (χ4n) is 1.98. The zero-order chi connectivity index (χ0) is 19.1. The SMILES string of the molecule is C=C(CC(=O)Nc1ccc(Cl)c(Cl)c1)NNC(=O)c1ccc(OC)cc1. The molecule has 0 aliphatic rings. The minimum Gasteiger partial charge on any atom is -0.497 e. The van der Waals surface area contributed by atoms with Crippen LogP contribution in [0.15, 0.2) is 54.7 Å². The van der Waals surface area contributed by atoms with Gasteiger partial charge in [-0.2, -0.15) is 0 Å². The molecule has 3 N–H and O–H groups in total. The molecule has 0 bridgehead atoms. The molecule has 0 fully saturated rings. The summed E-state index contributed by atoms with van der Waals surface area (Å²) in [7, 11) is 1.55. The first-order valence-electron chi connectivity index (χ1n) is 7.52. The molecule has 8 heteroatoms. The van der Waals surface area contributed by atoms with Crippen LogP contribution in [0.3, 0.4) is 0 Å². The number of rotatable bonds is 7. The van der Waals surface area contributed by atoms with Crippen molar-refractivity contribution in [2.45, 2.75) is 6.42 Å². The van der Waals surface area contributed by atoms with E-state index >= 15 is 0 Å². The molecule has 0 unspecified atom stereocenters. The van der Waals surface area contributed by atoms with Crippen molar-refractivity contribution in [2.24, 2.45) is 0 Å². The molecule has 0 spiro atoms. The molecule has 6 nitrogen and oxygen atoms in total.